The van der Waals surface area contributed by atoms with Gasteiger partial charge in [0.2, 0.25) is 0 Å². The summed E-state index contributed by atoms with van der Waals surface area (Å²) in [5.41, 5.74) is 0.657. The summed E-state index contributed by atoms with van der Waals surface area (Å²) in [6.07, 6.45) is 0. The molecule has 0 aliphatic carbocycles. The molecule has 0 unspecified atom stereocenters. The molecule has 0 radical (unpaired) electrons. The van der Waals surface area contributed by atoms with Gasteiger partial charge >= 0.3 is 0 Å². The molecule has 0 amide bonds. The number of para-hydroxylation sites is 1. The van der Waals surface area contributed by atoms with E-state index in [-0.39, 0.29) is 11.3 Å². The Labute approximate surface area is 115 Å². The normalized spacial score (nSPS) is 10.6. The van der Waals surface area contributed by atoms with Crippen molar-refractivity contribution >= 4 is 16.6 Å². The van der Waals surface area contributed by atoms with Crippen molar-refractivity contribution in [2.45, 2.75) is 6.54 Å². The number of phenolic OH excluding ortho intramolecular Hbond substituents is 1. The molecule has 3 rings (SSSR count). The zero-order chi connectivity index (χ0) is 13.9. The summed E-state index contributed by atoms with van der Waals surface area (Å²) in [5.74, 6) is 0.875. The summed E-state index contributed by atoms with van der Waals surface area (Å²) < 4.78 is 0. The summed E-state index contributed by atoms with van der Waals surface area (Å²) in [5, 5.41) is 14.4. The number of benzene rings is 2. The predicted molar refractivity (Wildman–Crippen MR) is 80.0 cm³/mol. The molecule has 0 saturated heterocycles. The summed E-state index contributed by atoms with van der Waals surface area (Å²) in [4.78, 5) is 14.7. The van der Waals surface area contributed by atoms with E-state index in [1.54, 1.807) is 18.2 Å². The lowest BCUT2D eigenvalue weighted by Crippen LogP contribution is -2.10. The molecule has 0 aliphatic heterocycles. The van der Waals surface area contributed by atoms with Gasteiger partial charge in [-0.1, -0.05) is 36.4 Å². The zero-order valence-corrected chi connectivity index (χ0v) is 10.8. The number of aromatic amines is 1. The van der Waals surface area contributed by atoms with E-state index >= 15 is 0 Å². The van der Waals surface area contributed by atoms with Crippen molar-refractivity contribution in [1.82, 2.24) is 4.98 Å². The second kappa shape index (κ2) is 5.09. The molecule has 3 N–H and O–H groups in total. The van der Waals surface area contributed by atoms with E-state index in [2.05, 4.69) is 10.3 Å². The molecule has 100 valence electrons. The van der Waals surface area contributed by atoms with E-state index in [0.717, 1.165) is 10.9 Å². The van der Waals surface area contributed by atoms with E-state index in [4.69, 9.17) is 0 Å². The first-order valence-electron chi connectivity index (χ1n) is 6.37. The first-order valence-corrected chi connectivity index (χ1v) is 6.37. The number of nitrogens with one attached hydrogen (secondary N) is 2. The van der Waals surface area contributed by atoms with Crippen molar-refractivity contribution < 1.29 is 5.11 Å². The molecule has 0 atom stereocenters. The smallest absolute Gasteiger partial charge is 0.257 e. The summed E-state index contributed by atoms with van der Waals surface area (Å²) in [6, 6.07) is 16.4. The van der Waals surface area contributed by atoms with Crippen LogP contribution < -0.4 is 10.9 Å². The molecule has 0 spiro atoms. The zero-order valence-electron chi connectivity index (χ0n) is 10.8. The molecular weight excluding hydrogens is 252 g/mol. The van der Waals surface area contributed by atoms with Gasteiger partial charge in [0.15, 0.2) is 0 Å². The van der Waals surface area contributed by atoms with Crippen LogP contribution in [0.5, 0.6) is 5.75 Å². The van der Waals surface area contributed by atoms with Crippen LogP contribution >= 0.6 is 0 Å². The highest BCUT2D eigenvalue weighted by molar-refractivity contribution is 5.83. The molecule has 3 aromatic rings. The molecule has 2 aromatic carbocycles. The van der Waals surface area contributed by atoms with Crippen molar-refractivity contribution in [3.8, 4) is 5.75 Å². The van der Waals surface area contributed by atoms with Gasteiger partial charge in [0.25, 0.3) is 5.56 Å². The minimum Gasteiger partial charge on any atom is -0.508 e. The molecule has 1 aromatic heterocycles. The quantitative estimate of drug-likeness (QED) is 0.683. The fourth-order valence-corrected chi connectivity index (χ4v) is 2.16. The molecule has 0 saturated carbocycles. The van der Waals surface area contributed by atoms with Gasteiger partial charge in [-0.05, 0) is 23.6 Å². The van der Waals surface area contributed by atoms with Crippen LogP contribution in [0.25, 0.3) is 10.8 Å². The number of hydrogen-bond donors (Lipinski definition) is 3. The molecule has 4 nitrogen and oxygen atoms in total. The summed E-state index contributed by atoms with van der Waals surface area (Å²) >= 11 is 0. The van der Waals surface area contributed by atoms with Crippen molar-refractivity contribution in [1.29, 1.82) is 0 Å². The molecule has 0 aliphatic rings. The lowest BCUT2D eigenvalue weighted by atomic mass is 10.1. The number of pyridine rings is 1. The van der Waals surface area contributed by atoms with E-state index < -0.39 is 0 Å². The molecule has 1 heterocycles. The van der Waals surface area contributed by atoms with Crippen molar-refractivity contribution in [2.24, 2.45) is 0 Å². The Hall–Kier alpha value is -2.75. The number of hydrogen-bond acceptors (Lipinski definition) is 3. The third-order valence-corrected chi connectivity index (χ3v) is 3.21. The van der Waals surface area contributed by atoms with Gasteiger partial charge < -0.3 is 15.4 Å². The Bertz CT molecular complexity index is 809. The van der Waals surface area contributed by atoms with Crippen LogP contribution in [0.2, 0.25) is 0 Å². The van der Waals surface area contributed by atoms with Crippen LogP contribution in [0, 0.1) is 0 Å². The van der Waals surface area contributed by atoms with Crippen LogP contribution in [0.3, 0.4) is 0 Å². The monoisotopic (exact) mass is 266 g/mol. The van der Waals surface area contributed by atoms with Crippen LogP contribution in [0.4, 0.5) is 5.82 Å². The first kappa shape index (κ1) is 12.3. The summed E-state index contributed by atoms with van der Waals surface area (Å²) in [6.45, 7) is 0.445. The van der Waals surface area contributed by atoms with E-state index in [0.29, 0.717) is 17.7 Å². The van der Waals surface area contributed by atoms with Gasteiger partial charge in [0.05, 0.1) is 0 Å². The maximum absolute atomic E-state index is 11.9. The molecule has 0 fully saturated rings. The van der Waals surface area contributed by atoms with E-state index in [9.17, 15) is 9.90 Å². The van der Waals surface area contributed by atoms with Crippen LogP contribution in [-0.4, -0.2) is 10.1 Å². The molecule has 4 heteroatoms. The maximum atomic E-state index is 11.9. The Kier molecular flexibility index (Phi) is 3.13. The van der Waals surface area contributed by atoms with E-state index in [1.807, 2.05) is 36.4 Å². The van der Waals surface area contributed by atoms with Gasteiger partial charge in [-0.25, -0.2) is 0 Å². The number of aromatic nitrogens is 1. The van der Waals surface area contributed by atoms with Gasteiger partial charge in [-0.2, -0.15) is 0 Å². The summed E-state index contributed by atoms with van der Waals surface area (Å²) in [7, 11) is 0. The third-order valence-electron chi connectivity index (χ3n) is 3.21. The lowest BCUT2D eigenvalue weighted by molar-refractivity contribution is 0.469. The molecular formula is C16H14N2O2. The van der Waals surface area contributed by atoms with Gasteiger partial charge in [0, 0.05) is 17.5 Å². The SMILES string of the molecule is O=c1[nH]c(NCc2ccccc2O)cc2ccccc12. The lowest BCUT2D eigenvalue weighted by Gasteiger charge is -2.08. The average molecular weight is 266 g/mol. The van der Waals surface area contributed by atoms with Gasteiger partial charge in [0.1, 0.15) is 11.6 Å². The van der Waals surface area contributed by atoms with Crippen molar-refractivity contribution in [2.75, 3.05) is 5.32 Å². The second-order valence-electron chi connectivity index (χ2n) is 4.58. The third kappa shape index (κ3) is 2.36. The van der Waals surface area contributed by atoms with E-state index in [1.165, 1.54) is 0 Å². The number of rotatable bonds is 3. The Morgan fingerprint density at radius 3 is 2.65 bits per heavy atom. The highest BCUT2D eigenvalue weighted by Crippen LogP contribution is 2.18. The first-order chi connectivity index (χ1) is 9.74. The second-order valence-corrected chi connectivity index (χ2v) is 4.58. The average Bonchev–Trinajstić information content (AvgIpc) is 2.46. The minimum absolute atomic E-state index is 0.122. The number of fused-ring (bicyclic) bond motifs is 1. The van der Waals surface area contributed by atoms with Gasteiger partial charge in [-0.3, -0.25) is 4.79 Å². The van der Waals surface area contributed by atoms with Crippen LogP contribution in [0.1, 0.15) is 5.56 Å². The molecule has 20 heavy (non-hydrogen) atoms. The Balaban J connectivity index is 1.88. The predicted octanol–water partition coefficient (Wildman–Crippen LogP) is 2.85. The van der Waals surface area contributed by atoms with Gasteiger partial charge in [-0.15, -0.1) is 0 Å². The largest absolute Gasteiger partial charge is 0.508 e. The topological polar surface area (TPSA) is 65.1 Å². The fraction of sp³-hybridized carbons (Fsp3) is 0.0625. The molecule has 0 bridgehead atoms. The Morgan fingerprint density at radius 1 is 1.05 bits per heavy atom. The minimum atomic E-state index is -0.122. The number of aromatic hydroxyl groups is 1. The highest BCUT2D eigenvalue weighted by atomic mass is 16.3. The van der Waals surface area contributed by atoms with Crippen molar-refractivity contribution in [3.63, 3.8) is 0 Å². The standard InChI is InChI=1S/C16H14N2O2/c19-14-8-4-2-6-12(14)10-17-15-9-11-5-1-3-7-13(11)16(20)18-15/h1-9,19H,10H2,(H2,17,18,20). The van der Waals surface area contributed by atoms with Crippen LogP contribution in [0.15, 0.2) is 59.4 Å². The van der Waals surface area contributed by atoms with Crippen molar-refractivity contribution in [3.05, 3.63) is 70.5 Å². The van der Waals surface area contributed by atoms with Crippen LogP contribution in [-0.2, 0) is 6.54 Å². The maximum Gasteiger partial charge on any atom is 0.257 e. The number of H-pyrrole nitrogens is 1. The highest BCUT2D eigenvalue weighted by Gasteiger charge is 2.03. The fourth-order valence-electron chi connectivity index (χ4n) is 2.16. The number of anilines is 1. The Morgan fingerprint density at radius 2 is 1.80 bits per heavy atom. The number of phenols is 1.